The lowest BCUT2D eigenvalue weighted by Crippen LogP contribution is -2.21. The van der Waals surface area contributed by atoms with E-state index in [9.17, 15) is 9.90 Å². The molecule has 0 unspecified atom stereocenters. The normalized spacial score (nSPS) is 14.0. The fourth-order valence-electron chi connectivity index (χ4n) is 2.34. The van der Waals surface area contributed by atoms with Crippen LogP contribution >= 0.6 is 0 Å². The molecule has 0 amide bonds. The Labute approximate surface area is 125 Å². The largest absolute Gasteiger partial charge is 0.463 e. The van der Waals surface area contributed by atoms with E-state index in [-0.39, 0.29) is 18.2 Å². The summed E-state index contributed by atoms with van der Waals surface area (Å²) in [5, 5.41) is 9.89. The Morgan fingerprint density at radius 1 is 1.00 bits per heavy atom. The Morgan fingerprint density at radius 3 is 2.20 bits per heavy atom. The second kappa shape index (κ2) is 13.4. The van der Waals surface area contributed by atoms with Gasteiger partial charge in [0.15, 0.2) is 0 Å². The summed E-state index contributed by atoms with van der Waals surface area (Å²) in [6, 6.07) is 0. The maximum absolute atomic E-state index is 11.6. The average Bonchev–Trinajstić information content (AvgIpc) is 2.39. The molecule has 0 aliphatic rings. The van der Waals surface area contributed by atoms with Gasteiger partial charge in [0.25, 0.3) is 0 Å². The van der Waals surface area contributed by atoms with Gasteiger partial charge in [-0.05, 0) is 19.8 Å². The van der Waals surface area contributed by atoms with E-state index < -0.39 is 0 Å². The van der Waals surface area contributed by atoms with Crippen molar-refractivity contribution in [1.82, 2.24) is 0 Å². The summed E-state index contributed by atoms with van der Waals surface area (Å²) in [5.41, 5.74) is 0. The molecule has 0 aromatic heterocycles. The molecule has 3 heteroatoms. The molecule has 0 aliphatic heterocycles. The van der Waals surface area contributed by atoms with Gasteiger partial charge in [-0.15, -0.1) is 0 Å². The first-order chi connectivity index (χ1) is 9.60. The van der Waals surface area contributed by atoms with Crippen LogP contribution in [0, 0.1) is 0 Å². The minimum atomic E-state index is -0.338. The lowest BCUT2D eigenvalue weighted by molar-refractivity contribution is -0.149. The molecular formula is C17H34O3. The summed E-state index contributed by atoms with van der Waals surface area (Å²) in [6.07, 6.45) is 10.4. The molecule has 0 aromatic carbocycles. The number of unbranched alkanes of at least 4 members (excludes halogenated alkanes) is 6. The predicted molar refractivity (Wildman–Crippen MR) is 83.7 cm³/mol. The third-order valence-electron chi connectivity index (χ3n) is 3.56. The van der Waals surface area contributed by atoms with Gasteiger partial charge in [-0.3, -0.25) is 4.79 Å². The first-order valence-electron chi connectivity index (χ1n) is 8.47. The molecule has 0 rings (SSSR count). The molecule has 0 spiro atoms. The first-order valence-corrected chi connectivity index (χ1v) is 8.47. The Morgan fingerprint density at radius 2 is 1.60 bits per heavy atom. The number of carbonyl (C=O) groups is 1. The lowest BCUT2D eigenvalue weighted by atomic mass is 10.0. The van der Waals surface area contributed by atoms with Gasteiger partial charge < -0.3 is 9.84 Å². The summed E-state index contributed by atoms with van der Waals surface area (Å²) in [5.74, 6) is -0.119. The molecule has 0 aliphatic carbocycles. The van der Waals surface area contributed by atoms with Crippen molar-refractivity contribution < 1.29 is 14.6 Å². The quantitative estimate of drug-likeness (QED) is 0.397. The fourth-order valence-corrected chi connectivity index (χ4v) is 2.34. The van der Waals surface area contributed by atoms with Crippen molar-refractivity contribution >= 4 is 5.97 Å². The van der Waals surface area contributed by atoms with Crippen LogP contribution in [-0.4, -0.2) is 23.3 Å². The summed E-state index contributed by atoms with van der Waals surface area (Å²) in [4.78, 5) is 11.6. The van der Waals surface area contributed by atoms with E-state index in [1.807, 2.05) is 6.92 Å². The van der Waals surface area contributed by atoms with Crippen molar-refractivity contribution in [3.63, 3.8) is 0 Å². The van der Waals surface area contributed by atoms with Gasteiger partial charge in [0.1, 0.15) is 6.10 Å². The number of hydrogen-bond acceptors (Lipinski definition) is 3. The van der Waals surface area contributed by atoms with E-state index in [0.717, 1.165) is 25.7 Å². The van der Waals surface area contributed by atoms with Crippen LogP contribution in [0.5, 0.6) is 0 Å². The molecule has 3 nitrogen and oxygen atoms in total. The number of ether oxygens (including phenoxy) is 1. The summed E-state index contributed by atoms with van der Waals surface area (Å²) >= 11 is 0. The van der Waals surface area contributed by atoms with E-state index in [0.29, 0.717) is 12.8 Å². The van der Waals surface area contributed by atoms with E-state index >= 15 is 0 Å². The van der Waals surface area contributed by atoms with Crippen LogP contribution in [-0.2, 0) is 9.53 Å². The van der Waals surface area contributed by atoms with Gasteiger partial charge in [-0.1, -0.05) is 58.8 Å². The Bertz CT molecular complexity index is 228. The Kier molecular flexibility index (Phi) is 13.0. The van der Waals surface area contributed by atoms with E-state index in [2.05, 4.69) is 13.8 Å². The Balaban J connectivity index is 3.59. The van der Waals surface area contributed by atoms with Crippen LogP contribution in [0.1, 0.15) is 91.4 Å². The van der Waals surface area contributed by atoms with Gasteiger partial charge in [-0.2, -0.15) is 0 Å². The molecule has 0 aromatic rings. The highest BCUT2D eigenvalue weighted by Crippen LogP contribution is 2.12. The topological polar surface area (TPSA) is 46.5 Å². The zero-order valence-electron chi connectivity index (χ0n) is 13.7. The van der Waals surface area contributed by atoms with Crippen LogP contribution in [0.15, 0.2) is 0 Å². The number of esters is 1. The highest BCUT2D eigenvalue weighted by Gasteiger charge is 2.14. The number of aliphatic hydroxyl groups excluding tert-OH is 1. The first kappa shape index (κ1) is 19.4. The minimum Gasteiger partial charge on any atom is -0.463 e. The monoisotopic (exact) mass is 286 g/mol. The summed E-state index contributed by atoms with van der Waals surface area (Å²) < 4.78 is 5.33. The predicted octanol–water partition coefficient (Wildman–Crippen LogP) is 4.61. The van der Waals surface area contributed by atoms with Crippen molar-refractivity contribution in [3.8, 4) is 0 Å². The molecule has 2 atom stereocenters. The average molecular weight is 286 g/mol. The Hall–Kier alpha value is -0.570. The molecule has 0 fully saturated rings. The van der Waals surface area contributed by atoms with Crippen molar-refractivity contribution in [2.45, 2.75) is 104 Å². The third kappa shape index (κ3) is 12.5. The van der Waals surface area contributed by atoms with Crippen molar-refractivity contribution in [3.05, 3.63) is 0 Å². The molecule has 1 N–H and O–H groups in total. The third-order valence-corrected chi connectivity index (χ3v) is 3.56. The summed E-state index contributed by atoms with van der Waals surface area (Å²) in [6.45, 7) is 6.21. The van der Waals surface area contributed by atoms with Gasteiger partial charge in [0, 0.05) is 12.8 Å². The standard InChI is InChI=1S/C17H34O3/c1-4-6-8-10-12-16(18)14-15(3)20-17(19)13-11-9-7-5-2/h15-16,18H,4-14H2,1-3H3/t15-,16-/m1/s1. The smallest absolute Gasteiger partial charge is 0.306 e. The molecule has 0 radical (unpaired) electrons. The van der Waals surface area contributed by atoms with Crippen LogP contribution in [0.4, 0.5) is 0 Å². The zero-order valence-corrected chi connectivity index (χ0v) is 13.7. The highest BCUT2D eigenvalue weighted by molar-refractivity contribution is 5.69. The highest BCUT2D eigenvalue weighted by atomic mass is 16.5. The number of carbonyl (C=O) groups excluding carboxylic acids is 1. The number of aliphatic hydroxyl groups is 1. The molecule has 20 heavy (non-hydrogen) atoms. The van der Waals surface area contributed by atoms with Crippen LogP contribution in [0.3, 0.4) is 0 Å². The lowest BCUT2D eigenvalue weighted by Gasteiger charge is -2.17. The molecular weight excluding hydrogens is 252 g/mol. The molecule has 0 saturated heterocycles. The van der Waals surface area contributed by atoms with Crippen LogP contribution in [0.2, 0.25) is 0 Å². The molecule has 0 heterocycles. The van der Waals surface area contributed by atoms with Crippen LogP contribution in [0.25, 0.3) is 0 Å². The second-order valence-electron chi connectivity index (χ2n) is 5.85. The molecule has 0 saturated carbocycles. The van der Waals surface area contributed by atoms with E-state index in [4.69, 9.17) is 4.74 Å². The minimum absolute atomic E-state index is 0.119. The van der Waals surface area contributed by atoms with Crippen LogP contribution < -0.4 is 0 Å². The number of hydrogen-bond donors (Lipinski definition) is 1. The van der Waals surface area contributed by atoms with Gasteiger partial charge >= 0.3 is 5.97 Å². The maximum atomic E-state index is 11.6. The van der Waals surface area contributed by atoms with Gasteiger partial charge in [0.2, 0.25) is 0 Å². The van der Waals surface area contributed by atoms with E-state index in [1.54, 1.807) is 0 Å². The van der Waals surface area contributed by atoms with Crippen molar-refractivity contribution in [1.29, 1.82) is 0 Å². The number of rotatable bonds is 13. The SMILES string of the molecule is CCCCCCC(=O)O[C@H](C)C[C@H](O)CCCCCC. The molecule has 120 valence electrons. The van der Waals surface area contributed by atoms with Gasteiger partial charge in [0.05, 0.1) is 6.10 Å². The summed E-state index contributed by atoms with van der Waals surface area (Å²) in [7, 11) is 0. The second-order valence-corrected chi connectivity index (χ2v) is 5.85. The van der Waals surface area contributed by atoms with Gasteiger partial charge in [-0.25, -0.2) is 0 Å². The maximum Gasteiger partial charge on any atom is 0.306 e. The van der Waals surface area contributed by atoms with Crippen molar-refractivity contribution in [2.75, 3.05) is 0 Å². The fraction of sp³-hybridized carbons (Fsp3) is 0.941. The van der Waals surface area contributed by atoms with Crippen molar-refractivity contribution in [2.24, 2.45) is 0 Å². The molecule has 0 bridgehead atoms. The zero-order chi connectivity index (χ0) is 15.2. The van der Waals surface area contributed by atoms with E-state index in [1.165, 1.54) is 32.1 Å².